The van der Waals surface area contributed by atoms with Crippen LogP contribution in [0.25, 0.3) is 0 Å². The summed E-state index contributed by atoms with van der Waals surface area (Å²) in [5, 5.41) is 25.2. The van der Waals surface area contributed by atoms with Crippen molar-refractivity contribution in [3.63, 3.8) is 0 Å². The molecule has 2 aliphatic heterocycles. The molecule has 0 bridgehead atoms. The summed E-state index contributed by atoms with van der Waals surface area (Å²) in [6.07, 6.45) is 4.43. The number of nitro groups is 2. The molecule has 2 saturated heterocycles. The highest BCUT2D eigenvalue weighted by Gasteiger charge is 2.36. The largest absolute Gasteiger partial charge is 0.375 e. The average Bonchev–Trinajstić information content (AvgIpc) is 2.90. The van der Waals surface area contributed by atoms with Crippen molar-refractivity contribution >= 4 is 17.1 Å². The van der Waals surface area contributed by atoms with Crippen LogP contribution in [0.5, 0.6) is 0 Å². The maximum Gasteiger partial charge on any atom is 0.299 e. The molecule has 2 fully saturated rings. The van der Waals surface area contributed by atoms with Gasteiger partial charge in [-0.15, -0.1) is 0 Å². The number of non-ortho nitro benzene ring substituents is 1. The van der Waals surface area contributed by atoms with Crippen LogP contribution in [0.2, 0.25) is 0 Å². The molecule has 1 aromatic carbocycles. The Hall–Kier alpha value is -2.22. The Kier molecular flexibility index (Phi) is 3.93. The molecular weight excluding hydrogens is 288 g/mol. The summed E-state index contributed by atoms with van der Waals surface area (Å²) in [7, 11) is 0. The maximum absolute atomic E-state index is 11.2. The number of nitrogens with one attached hydrogen (secondary N) is 1. The molecule has 8 heteroatoms. The summed E-state index contributed by atoms with van der Waals surface area (Å²) in [5.74, 6) is 0. The first-order valence-corrected chi connectivity index (χ1v) is 7.49. The first-order valence-electron chi connectivity index (χ1n) is 7.49. The first-order chi connectivity index (χ1) is 10.6. The number of hydrogen-bond acceptors (Lipinski definition) is 6. The zero-order chi connectivity index (χ0) is 15.7. The minimum atomic E-state index is -0.616. The number of piperidine rings is 1. The monoisotopic (exact) mass is 306 g/mol. The van der Waals surface area contributed by atoms with Crippen molar-refractivity contribution in [2.75, 3.05) is 18.4 Å². The lowest BCUT2D eigenvalue weighted by Crippen LogP contribution is -2.41. The van der Waals surface area contributed by atoms with E-state index in [1.54, 1.807) is 0 Å². The maximum atomic E-state index is 11.2. The van der Waals surface area contributed by atoms with Gasteiger partial charge >= 0.3 is 0 Å². The molecule has 2 atom stereocenters. The van der Waals surface area contributed by atoms with Gasteiger partial charge in [0.2, 0.25) is 0 Å². The normalized spacial score (nSPS) is 24.7. The fourth-order valence-corrected chi connectivity index (χ4v) is 3.52. The molecule has 8 nitrogen and oxygen atoms in total. The predicted octanol–water partition coefficient (Wildman–Crippen LogP) is 2.54. The lowest BCUT2D eigenvalue weighted by atomic mass is 9.99. The van der Waals surface area contributed by atoms with E-state index in [1.165, 1.54) is 25.0 Å². The molecule has 0 aliphatic carbocycles. The summed E-state index contributed by atoms with van der Waals surface area (Å²) in [6.45, 7) is 2.09. The van der Waals surface area contributed by atoms with Crippen LogP contribution in [0.3, 0.4) is 0 Å². The van der Waals surface area contributed by atoms with Gasteiger partial charge in [0, 0.05) is 24.7 Å². The van der Waals surface area contributed by atoms with E-state index in [4.69, 9.17) is 0 Å². The fourth-order valence-electron chi connectivity index (χ4n) is 3.52. The Labute approximate surface area is 127 Å². The molecule has 1 N–H and O–H groups in total. The van der Waals surface area contributed by atoms with E-state index in [0.29, 0.717) is 11.7 Å². The second-order valence-electron chi connectivity index (χ2n) is 5.85. The molecule has 0 radical (unpaired) electrons. The minimum Gasteiger partial charge on any atom is -0.375 e. The van der Waals surface area contributed by atoms with Gasteiger partial charge in [0.15, 0.2) is 0 Å². The Balaban J connectivity index is 1.82. The zero-order valence-corrected chi connectivity index (χ0v) is 12.1. The SMILES string of the molecule is O=[N+]([O-])c1ccc(N[C@H]2CCN3CCCC[C@@H]23)c([N+](=O)[O-])c1. The summed E-state index contributed by atoms with van der Waals surface area (Å²) < 4.78 is 0. The molecule has 1 aromatic rings. The summed E-state index contributed by atoms with van der Waals surface area (Å²) in [5.41, 5.74) is -0.126. The summed E-state index contributed by atoms with van der Waals surface area (Å²) in [6, 6.07) is 4.35. The van der Waals surface area contributed by atoms with Crippen LogP contribution in [-0.4, -0.2) is 39.9 Å². The Morgan fingerprint density at radius 2 is 1.91 bits per heavy atom. The van der Waals surface area contributed by atoms with Crippen molar-refractivity contribution in [1.82, 2.24) is 4.90 Å². The van der Waals surface area contributed by atoms with Crippen LogP contribution >= 0.6 is 0 Å². The van der Waals surface area contributed by atoms with Gasteiger partial charge in [-0.1, -0.05) is 6.42 Å². The van der Waals surface area contributed by atoms with Crippen molar-refractivity contribution in [2.45, 2.75) is 37.8 Å². The molecule has 0 saturated carbocycles. The van der Waals surface area contributed by atoms with Crippen molar-refractivity contribution in [2.24, 2.45) is 0 Å². The van der Waals surface area contributed by atoms with E-state index < -0.39 is 9.85 Å². The van der Waals surface area contributed by atoms with E-state index in [9.17, 15) is 20.2 Å². The number of nitrogens with zero attached hydrogens (tertiary/aromatic N) is 3. The molecule has 2 heterocycles. The van der Waals surface area contributed by atoms with Gasteiger partial charge in [0.05, 0.1) is 15.9 Å². The molecule has 118 valence electrons. The third kappa shape index (κ3) is 2.74. The van der Waals surface area contributed by atoms with Gasteiger partial charge in [0.1, 0.15) is 5.69 Å². The molecule has 2 aliphatic rings. The Morgan fingerprint density at radius 1 is 1.09 bits per heavy atom. The Bertz CT molecular complexity index is 607. The average molecular weight is 306 g/mol. The summed E-state index contributed by atoms with van der Waals surface area (Å²) >= 11 is 0. The molecule has 0 spiro atoms. The van der Waals surface area contributed by atoms with E-state index >= 15 is 0 Å². The van der Waals surface area contributed by atoms with E-state index in [2.05, 4.69) is 10.2 Å². The van der Waals surface area contributed by atoms with E-state index in [-0.39, 0.29) is 17.4 Å². The number of fused-ring (bicyclic) bond motifs is 1. The molecular formula is C14H18N4O4. The third-order valence-corrected chi connectivity index (χ3v) is 4.59. The van der Waals surface area contributed by atoms with Gasteiger partial charge in [-0.3, -0.25) is 25.1 Å². The first kappa shape index (κ1) is 14.7. The molecule has 0 unspecified atom stereocenters. The number of anilines is 1. The predicted molar refractivity (Wildman–Crippen MR) is 81.0 cm³/mol. The lowest BCUT2D eigenvalue weighted by Gasteiger charge is -2.32. The van der Waals surface area contributed by atoms with Gasteiger partial charge < -0.3 is 5.32 Å². The summed E-state index contributed by atoms with van der Waals surface area (Å²) in [4.78, 5) is 23.2. The highest BCUT2D eigenvalue weighted by atomic mass is 16.6. The van der Waals surface area contributed by atoms with Crippen LogP contribution in [0.15, 0.2) is 18.2 Å². The number of rotatable bonds is 4. The van der Waals surface area contributed by atoms with Gasteiger partial charge in [-0.05, 0) is 31.9 Å². The van der Waals surface area contributed by atoms with E-state index in [0.717, 1.165) is 32.0 Å². The van der Waals surface area contributed by atoms with Crippen molar-refractivity contribution in [3.8, 4) is 0 Å². The standard InChI is InChI=1S/C14H18N4O4/c19-17(20)10-4-5-11(14(9-10)18(21)22)15-12-6-8-16-7-2-1-3-13(12)16/h4-5,9,12-13,15H,1-3,6-8H2/t12-,13-/m0/s1. The fraction of sp³-hybridized carbons (Fsp3) is 0.571. The van der Waals surface area contributed by atoms with E-state index in [1.807, 2.05) is 0 Å². The van der Waals surface area contributed by atoms with Crippen LogP contribution < -0.4 is 5.32 Å². The van der Waals surface area contributed by atoms with Crippen LogP contribution in [0.1, 0.15) is 25.7 Å². The number of hydrogen-bond donors (Lipinski definition) is 1. The molecule has 0 amide bonds. The third-order valence-electron chi connectivity index (χ3n) is 4.59. The quantitative estimate of drug-likeness (QED) is 0.677. The number of nitro benzene ring substituents is 2. The van der Waals surface area contributed by atoms with Crippen molar-refractivity contribution in [3.05, 3.63) is 38.4 Å². The minimum absolute atomic E-state index is 0.167. The van der Waals surface area contributed by atoms with Gasteiger partial charge in [-0.25, -0.2) is 0 Å². The van der Waals surface area contributed by atoms with Gasteiger partial charge in [0.25, 0.3) is 11.4 Å². The zero-order valence-electron chi connectivity index (χ0n) is 12.1. The topological polar surface area (TPSA) is 102 Å². The second kappa shape index (κ2) is 5.88. The van der Waals surface area contributed by atoms with Crippen molar-refractivity contribution < 1.29 is 9.85 Å². The van der Waals surface area contributed by atoms with Crippen molar-refractivity contribution in [1.29, 1.82) is 0 Å². The highest BCUT2D eigenvalue weighted by Crippen LogP contribution is 2.34. The second-order valence-corrected chi connectivity index (χ2v) is 5.85. The molecule has 3 rings (SSSR count). The van der Waals surface area contributed by atoms with Crippen LogP contribution in [0, 0.1) is 20.2 Å². The smallest absolute Gasteiger partial charge is 0.299 e. The lowest BCUT2D eigenvalue weighted by molar-refractivity contribution is -0.393. The van der Waals surface area contributed by atoms with Crippen LogP contribution in [-0.2, 0) is 0 Å². The molecule has 22 heavy (non-hydrogen) atoms. The van der Waals surface area contributed by atoms with Crippen LogP contribution in [0.4, 0.5) is 17.1 Å². The highest BCUT2D eigenvalue weighted by molar-refractivity contribution is 5.65. The molecule has 0 aromatic heterocycles. The number of benzene rings is 1. The van der Waals surface area contributed by atoms with Gasteiger partial charge in [-0.2, -0.15) is 0 Å². The Morgan fingerprint density at radius 3 is 2.64 bits per heavy atom.